The summed E-state index contributed by atoms with van der Waals surface area (Å²) in [6, 6.07) is 58.0. The predicted octanol–water partition coefficient (Wildman–Crippen LogP) is 16.8. The first kappa shape index (κ1) is 44.9. The van der Waals surface area contributed by atoms with Gasteiger partial charge in [-0.3, -0.25) is 0 Å². The lowest BCUT2D eigenvalue weighted by Gasteiger charge is -2.48. The minimum absolute atomic E-state index is 0.0263. The summed E-state index contributed by atoms with van der Waals surface area (Å²) < 4.78 is 6.71. The molecule has 4 aliphatic rings. The van der Waals surface area contributed by atoms with Crippen molar-refractivity contribution in [3.63, 3.8) is 0 Å². The largest absolute Gasteiger partial charge is 0.456 e. The van der Waals surface area contributed by atoms with Crippen molar-refractivity contribution in [2.45, 2.75) is 124 Å². The molecule has 1 aromatic heterocycles. The van der Waals surface area contributed by atoms with Gasteiger partial charge in [0.25, 0.3) is 6.71 Å². The summed E-state index contributed by atoms with van der Waals surface area (Å²) in [5, 5.41) is 2.27. The average Bonchev–Trinajstić information content (AvgIpc) is 3.73. The van der Waals surface area contributed by atoms with Gasteiger partial charge in [-0.05, 0) is 196 Å². The van der Waals surface area contributed by atoms with Crippen LogP contribution in [-0.4, -0.2) is 6.71 Å². The monoisotopic (exact) mass is 940 g/mol. The molecule has 5 heteroatoms. The van der Waals surface area contributed by atoms with Crippen LogP contribution in [0, 0.1) is 20.8 Å². The molecule has 13 rings (SSSR count). The number of furan rings is 1. The number of rotatable bonds is 5. The Labute approximate surface area is 427 Å². The molecule has 0 bridgehead atoms. The Morgan fingerprint density at radius 3 is 1.58 bits per heavy atom. The van der Waals surface area contributed by atoms with E-state index in [1.807, 2.05) is 0 Å². The Bertz CT molecular complexity index is 3690. The van der Waals surface area contributed by atoms with E-state index < -0.39 is 0 Å². The summed E-state index contributed by atoms with van der Waals surface area (Å²) >= 11 is 0. The second-order valence-corrected chi connectivity index (χ2v) is 24.5. The van der Waals surface area contributed by atoms with Crippen molar-refractivity contribution >= 4 is 96.2 Å². The van der Waals surface area contributed by atoms with E-state index >= 15 is 0 Å². The van der Waals surface area contributed by atoms with Crippen LogP contribution in [0.4, 0.5) is 51.2 Å². The lowest BCUT2D eigenvalue weighted by Crippen LogP contribution is -2.62. The van der Waals surface area contributed by atoms with E-state index in [-0.39, 0.29) is 28.4 Å². The third kappa shape index (κ3) is 6.64. The number of aryl methyl sites for hydroxylation is 3. The van der Waals surface area contributed by atoms with Crippen molar-refractivity contribution in [3.8, 4) is 0 Å². The van der Waals surface area contributed by atoms with E-state index in [1.54, 1.807) is 0 Å². The van der Waals surface area contributed by atoms with Crippen molar-refractivity contribution in [1.82, 2.24) is 0 Å². The minimum atomic E-state index is -0.0263. The van der Waals surface area contributed by atoms with Crippen LogP contribution in [-0.2, 0) is 21.7 Å². The molecule has 358 valence electrons. The minimum Gasteiger partial charge on any atom is -0.456 e. The molecule has 0 atom stereocenters. The molecule has 9 aromatic rings. The second-order valence-electron chi connectivity index (χ2n) is 24.5. The van der Waals surface area contributed by atoms with Crippen molar-refractivity contribution in [2.75, 3.05) is 14.7 Å². The Morgan fingerprint density at radius 1 is 0.431 bits per heavy atom. The normalized spacial score (nSPS) is 17.5. The van der Waals surface area contributed by atoms with Gasteiger partial charge >= 0.3 is 0 Å². The number of fused-ring (bicyclic) bond motifs is 9. The molecule has 0 radical (unpaired) electrons. The molecule has 0 N–H and O–H groups in total. The maximum Gasteiger partial charge on any atom is 0.252 e. The van der Waals surface area contributed by atoms with Crippen molar-refractivity contribution in [2.24, 2.45) is 0 Å². The first-order valence-corrected chi connectivity index (χ1v) is 26.5. The van der Waals surface area contributed by atoms with E-state index in [1.165, 1.54) is 108 Å². The van der Waals surface area contributed by atoms with Gasteiger partial charge in [0.1, 0.15) is 11.2 Å². The highest BCUT2D eigenvalue weighted by molar-refractivity contribution is 7.00. The zero-order valence-electron chi connectivity index (χ0n) is 44.1. The van der Waals surface area contributed by atoms with Crippen LogP contribution in [0.25, 0.3) is 21.9 Å². The van der Waals surface area contributed by atoms with Crippen LogP contribution in [0.2, 0.25) is 0 Å². The Morgan fingerprint density at radius 2 is 0.944 bits per heavy atom. The summed E-state index contributed by atoms with van der Waals surface area (Å²) in [6.45, 7) is 26.4. The molecule has 3 heterocycles. The van der Waals surface area contributed by atoms with Gasteiger partial charge < -0.3 is 19.1 Å². The predicted molar refractivity (Wildman–Crippen MR) is 307 cm³/mol. The Hall–Kier alpha value is -6.98. The first-order valence-electron chi connectivity index (χ1n) is 26.5. The highest BCUT2D eigenvalue weighted by Crippen LogP contribution is 2.53. The number of hydrogen-bond donors (Lipinski definition) is 0. The number of anilines is 9. The molecule has 0 unspecified atom stereocenters. The second kappa shape index (κ2) is 15.5. The highest BCUT2D eigenvalue weighted by atomic mass is 16.3. The molecular weight excluding hydrogens is 874 g/mol. The standard InChI is InChI=1S/C67H66BN3O/c1-41-34-59-63-60(35-41)71(46-24-27-48-47-20-14-17-23-61(47)72-62(48)38-46)57-37-45(69(55-21-15-12-18-42(55)2)56-22-16-13-19-43(56)3)26-29-53(57)68(63)54-39-51-52(67(10,11)33-32-66(51,8)9)40-58(54)70(59)44-25-28-49-50(36-44)65(6,7)31-30-64(49,4)5/h12-29,34-40H,30-33H2,1-11H3. The van der Waals surface area contributed by atoms with E-state index in [0.29, 0.717) is 0 Å². The quantitative estimate of drug-likeness (QED) is 0.160. The zero-order chi connectivity index (χ0) is 49.8. The summed E-state index contributed by atoms with van der Waals surface area (Å²) in [4.78, 5) is 7.71. The summed E-state index contributed by atoms with van der Waals surface area (Å²) in [5.41, 5.74) is 26.4. The van der Waals surface area contributed by atoms with Gasteiger partial charge in [-0.25, -0.2) is 0 Å². The van der Waals surface area contributed by atoms with Crippen LogP contribution >= 0.6 is 0 Å². The van der Waals surface area contributed by atoms with Crippen molar-refractivity contribution < 1.29 is 4.42 Å². The molecule has 0 fully saturated rings. The van der Waals surface area contributed by atoms with E-state index in [9.17, 15) is 0 Å². The third-order valence-electron chi connectivity index (χ3n) is 17.9. The van der Waals surface area contributed by atoms with E-state index in [2.05, 4.69) is 243 Å². The molecule has 72 heavy (non-hydrogen) atoms. The molecule has 0 saturated heterocycles. The van der Waals surface area contributed by atoms with Gasteiger partial charge in [0.05, 0.1) is 0 Å². The summed E-state index contributed by atoms with van der Waals surface area (Å²) in [7, 11) is 0. The number of para-hydroxylation sites is 3. The lowest BCUT2D eigenvalue weighted by molar-refractivity contribution is 0.332. The van der Waals surface area contributed by atoms with E-state index in [4.69, 9.17) is 4.42 Å². The van der Waals surface area contributed by atoms with Crippen LogP contribution in [0.15, 0.2) is 156 Å². The van der Waals surface area contributed by atoms with Crippen molar-refractivity contribution in [1.29, 1.82) is 0 Å². The molecule has 0 amide bonds. The molecule has 2 aliphatic heterocycles. The summed E-state index contributed by atoms with van der Waals surface area (Å²) in [5.74, 6) is 0. The lowest BCUT2D eigenvalue weighted by atomic mass is 9.33. The van der Waals surface area contributed by atoms with E-state index in [0.717, 1.165) is 46.2 Å². The van der Waals surface area contributed by atoms with Crippen LogP contribution in [0.3, 0.4) is 0 Å². The van der Waals surface area contributed by atoms with Gasteiger partial charge in [0.15, 0.2) is 0 Å². The maximum absolute atomic E-state index is 6.71. The fraction of sp³-hybridized carbons (Fsp3) is 0.284. The summed E-state index contributed by atoms with van der Waals surface area (Å²) in [6.07, 6.45) is 4.67. The fourth-order valence-electron chi connectivity index (χ4n) is 13.5. The Kier molecular flexibility index (Phi) is 9.68. The smallest absolute Gasteiger partial charge is 0.252 e. The highest BCUT2D eigenvalue weighted by Gasteiger charge is 2.47. The molecular formula is C67H66BN3O. The SMILES string of the molecule is Cc1cc2c3c(c1)N(c1ccc4c(c1)C(C)(C)CCC4(C)C)c1cc4c(cc1B3c1ccc(N(c3ccccc3C)c3ccccc3C)cc1N2c1ccc2c(c1)oc1ccccc12)C(C)(C)CCC4(C)C. The van der Waals surface area contributed by atoms with Gasteiger partial charge in [0, 0.05) is 68.0 Å². The van der Waals surface area contributed by atoms with Gasteiger partial charge in [-0.15, -0.1) is 0 Å². The molecule has 0 saturated carbocycles. The van der Waals surface area contributed by atoms with Crippen LogP contribution in [0.1, 0.15) is 120 Å². The van der Waals surface area contributed by atoms with Crippen molar-refractivity contribution in [3.05, 3.63) is 191 Å². The van der Waals surface area contributed by atoms with Gasteiger partial charge in [-0.2, -0.15) is 0 Å². The van der Waals surface area contributed by atoms with Gasteiger partial charge in [-0.1, -0.05) is 128 Å². The number of nitrogens with zero attached hydrogens (tertiary/aromatic N) is 3. The fourth-order valence-corrected chi connectivity index (χ4v) is 13.5. The topological polar surface area (TPSA) is 22.9 Å². The number of benzene rings is 8. The molecule has 4 nitrogen and oxygen atoms in total. The molecule has 2 aliphatic carbocycles. The molecule has 0 spiro atoms. The Balaban J connectivity index is 1.13. The third-order valence-corrected chi connectivity index (χ3v) is 17.9. The van der Waals surface area contributed by atoms with Gasteiger partial charge in [0.2, 0.25) is 0 Å². The number of hydrogen-bond acceptors (Lipinski definition) is 4. The average molecular weight is 940 g/mol. The molecule has 8 aromatic carbocycles. The maximum atomic E-state index is 6.71. The van der Waals surface area contributed by atoms with Crippen LogP contribution in [0.5, 0.6) is 0 Å². The zero-order valence-corrected chi connectivity index (χ0v) is 44.1. The first-order chi connectivity index (χ1) is 34.4. The van der Waals surface area contributed by atoms with Crippen LogP contribution < -0.4 is 31.1 Å².